The van der Waals surface area contributed by atoms with Crippen LogP contribution in [0.15, 0.2) is 48.5 Å². The predicted octanol–water partition coefficient (Wildman–Crippen LogP) is 3.22. The van der Waals surface area contributed by atoms with Crippen LogP contribution in [0.25, 0.3) is 0 Å². The molecule has 1 N–H and O–H groups in total. The summed E-state index contributed by atoms with van der Waals surface area (Å²) in [5.41, 5.74) is 0.976. The molecule has 0 aromatic heterocycles. The molecule has 1 aliphatic rings. The molecule has 1 unspecified atom stereocenters. The number of benzene rings is 2. The predicted molar refractivity (Wildman–Crippen MR) is 81.1 cm³/mol. The highest BCUT2D eigenvalue weighted by Crippen LogP contribution is 2.30. The number of halogens is 2. The van der Waals surface area contributed by atoms with Gasteiger partial charge in [0.1, 0.15) is 18.5 Å². The number of hydrogen-bond donors (Lipinski definition) is 1. The van der Waals surface area contributed by atoms with Gasteiger partial charge >= 0.3 is 6.61 Å². The van der Waals surface area contributed by atoms with Crippen molar-refractivity contribution in [2.24, 2.45) is 0 Å². The fourth-order valence-corrected chi connectivity index (χ4v) is 2.33. The van der Waals surface area contributed by atoms with Crippen molar-refractivity contribution >= 4 is 0 Å². The van der Waals surface area contributed by atoms with Gasteiger partial charge in [0.2, 0.25) is 0 Å². The molecule has 0 bridgehead atoms. The number of ether oxygens (including phenoxy) is 3. The van der Waals surface area contributed by atoms with E-state index in [1.165, 1.54) is 12.1 Å². The second kappa shape index (κ2) is 7.28. The lowest BCUT2D eigenvalue weighted by molar-refractivity contribution is -0.0498. The zero-order chi connectivity index (χ0) is 16.1. The van der Waals surface area contributed by atoms with Crippen LogP contribution in [0.5, 0.6) is 17.2 Å². The highest BCUT2D eigenvalue weighted by Gasteiger charge is 2.19. The molecule has 6 heteroatoms. The van der Waals surface area contributed by atoms with Gasteiger partial charge in [-0.15, -0.1) is 0 Å². The SMILES string of the molecule is FC(F)Oc1ccc(CNCC2COc3ccccc3O2)cc1. The van der Waals surface area contributed by atoms with Crippen LogP contribution in [-0.2, 0) is 6.54 Å². The van der Waals surface area contributed by atoms with E-state index in [1.54, 1.807) is 12.1 Å². The van der Waals surface area contributed by atoms with Gasteiger partial charge in [0.05, 0.1) is 0 Å². The largest absolute Gasteiger partial charge is 0.486 e. The van der Waals surface area contributed by atoms with E-state index >= 15 is 0 Å². The number of nitrogens with one attached hydrogen (secondary N) is 1. The summed E-state index contributed by atoms with van der Waals surface area (Å²) in [5, 5.41) is 3.27. The molecular weight excluding hydrogens is 304 g/mol. The first-order valence-corrected chi connectivity index (χ1v) is 7.33. The van der Waals surface area contributed by atoms with Gasteiger partial charge in [0.25, 0.3) is 0 Å². The van der Waals surface area contributed by atoms with Crippen molar-refractivity contribution in [1.29, 1.82) is 0 Å². The zero-order valence-electron chi connectivity index (χ0n) is 12.4. The van der Waals surface area contributed by atoms with E-state index in [0.29, 0.717) is 19.7 Å². The van der Waals surface area contributed by atoms with Crippen LogP contribution in [0.4, 0.5) is 8.78 Å². The normalized spacial score (nSPS) is 16.4. The van der Waals surface area contributed by atoms with Crippen molar-refractivity contribution in [3.05, 3.63) is 54.1 Å². The lowest BCUT2D eigenvalue weighted by Gasteiger charge is -2.26. The molecule has 0 radical (unpaired) electrons. The van der Waals surface area contributed by atoms with E-state index in [1.807, 2.05) is 24.3 Å². The summed E-state index contributed by atoms with van der Waals surface area (Å²) in [6.45, 7) is -1.07. The minimum Gasteiger partial charge on any atom is -0.486 e. The van der Waals surface area contributed by atoms with Gasteiger partial charge in [-0.1, -0.05) is 24.3 Å². The average molecular weight is 321 g/mol. The Balaban J connectivity index is 1.45. The Labute approximate surface area is 133 Å². The van der Waals surface area contributed by atoms with Crippen LogP contribution in [0.3, 0.4) is 0 Å². The van der Waals surface area contributed by atoms with E-state index in [0.717, 1.165) is 17.1 Å². The molecule has 3 rings (SSSR count). The Kier molecular flexibility index (Phi) is 4.92. The Bertz CT molecular complexity index is 634. The maximum atomic E-state index is 12.1. The quantitative estimate of drug-likeness (QED) is 0.887. The first-order valence-electron chi connectivity index (χ1n) is 7.33. The summed E-state index contributed by atoms with van der Waals surface area (Å²) in [5.74, 6) is 1.67. The smallest absolute Gasteiger partial charge is 0.387 e. The summed E-state index contributed by atoms with van der Waals surface area (Å²) in [4.78, 5) is 0. The lowest BCUT2D eigenvalue weighted by Crippen LogP contribution is -2.38. The standard InChI is InChI=1S/C17H17F2NO3/c18-17(19)23-13-7-5-12(6-8-13)9-20-10-14-11-21-15-3-1-2-4-16(15)22-14/h1-8,14,17,20H,9-11H2. The van der Waals surface area contributed by atoms with Crippen LogP contribution in [0, 0.1) is 0 Å². The van der Waals surface area contributed by atoms with Gasteiger partial charge in [-0.25, -0.2) is 0 Å². The molecule has 0 fully saturated rings. The second-order valence-corrected chi connectivity index (χ2v) is 5.15. The third kappa shape index (κ3) is 4.32. The summed E-state index contributed by atoms with van der Waals surface area (Å²) in [6.07, 6.45) is -0.0636. The van der Waals surface area contributed by atoms with Crippen molar-refractivity contribution in [2.45, 2.75) is 19.3 Å². The monoisotopic (exact) mass is 321 g/mol. The minimum atomic E-state index is -2.80. The summed E-state index contributed by atoms with van der Waals surface area (Å²) >= 11 is 0. The van der Waals surface area contributed by atoms with Crippen LogP contribution in [-0.4, -0.2) is 25.9 Å². The third-order valence-electron chi connectivity index (χ3n) is 3.42. The molecule has 122 valence electrons. The number of alkyl halides is 2. The molecule has 4 nitrogen and oxygen atoms in total. The molecule has 23 heavy (non-hydrogen) atoms. The highest BCUT2D eigenvalue weighted by molar-refractivity contribution is 5.40. The molecule has 2 aromatic rings. The number of para-hydroxylation sites is 2. The van der Waals surface area contributed by atoms with Gasteiger partial charge in [0.15, 0.2) is 11.5 Å². The van der Waals surface area contributed by atoms with Gasteiger partial charge in [-0.3, -0.25) is 0 Å². The van der Waals surface area contributed by atoms with Gasteiger partial charge in [-0.05, 0) is 29.8 Å². The molecule has 1 atom stereocenters. The van der Waals surface area contributed by atoms with Crippen molar-refractivity contribution in [1.82, 2.24) is 5.32 Å². The fraction of sp³-hybridized carbons (Fsp3) is 0.294. The molecule has 2 aromatic carbocycles. The van der Waals surface area contributed by atoms with Gasteiger partial charge in [0, 0.05) is 13.1 Å². The first kappa shape index (κ1) is 15.6. The Morgan fingerprint density at radius 3 is 2.57 bits per heavy atom. The van der Waals surface area contributed by atoms with Gasteiger partial charge < -0.3 is 19.5 Å². The van der Waals surface area contributed by atoms with Crippen molar-refractivity contribution in [2.75, 3.05) is 13.2 Å². The van der Waals surface area contributed by atoms with Crippen LogP contribution in [0.2, 0.25) is 0 Å². The maximum Gasteiger partial charge on any atom is 0.387 e. The van der Waals surface area contributed by atoms with Crippen molar-refractivity contribution < 1.29 is 23.0 Å². The average Bonchev–Trinajstić information content (AvgIpc) is 2.56. The molecule has 1 aliphatic heterocycles. The fourth-order valence-electron chi connectivity index (χ4n) is 2.33. The van der Waals surface area contributed by atoms with Gasteiger partial charge in [-0.2, -0.15) is 8.78 Å². The summed E-state index contributed by atoms with van der Waals surface area (Å²) < 4.78 is 39.9. The molecule has 1 heterocycles. The molecule has 0 aliphatic carbocycles. The van der Waals surface area contributed by atoms with E-state index in [4.69, 9.17) is 9.47 Å². The molecule has 0 saturated heterocycles. The third-order valence-corrected chi connectivity index (χ3v) is 3.42. The Morgan fingerprint density at radius 1 is 1.09 bits per heavy atom. The Morgan fingerprint density at radius 2 is 1.83 bits per heavy atom. The number of rotatable bonds is 6. The minimum absolute atomic E-state index is 0.0636. The molecule has 0 spiro atoms. The van der Waals surface area contributed by atoms with Crippen molar-refractivity contribution in [3.63, 3.8) is 0 Å². The lowest BCUT2D eigenvalue weighted by atomic mass is 10.2. The first-order chi connectivity index (χ1) is 11.2. The molecule has 0 amide bonds. The van der Waals surface area contributed by atoms with Crippen LogP contribution in [0.1, 0.15) is 5.56 Å². The van der Waals surface area contributed by atoms with Crippen LogP contribution < -0.4 is 19.5 Å². The summed E-state index contributed by atoms with van der Waals surface area (Å²) in [6, 6.07) is 14.1. The van der Waals surface area contributed by atoms with E-state index < -0.39 is 6.61 Å². The number of fused-ring (bicyclic) bond motifs is 1. The molecule has 0 saturated carbocycles. The van der Waals surface area contributed by atoms with Crippen molar-refractivity contribution in [3.8, 4) is 17.2 Å². The van der Waals surface area contributed by atoms with Crippen LogP contribution >= 0.6 is 0 Å². The zero-order valence-corrected chi connectivity index (χ0v) is 12.4. The topological polar surface area (TPSA) is 39.7 Å². The molecular formula is C17H17F2NO3. The number of hydrogen-bond acceptors (Lipinski definition) is 4. The highest BCUT2D eigenvalue weighted by atomic mass is 19.3. The summed E-state index contributed by atoms with van der Waals surface area (Å²) in [7, 11) is 0. The van der Waals surface area contributed by atoms with E-state index in [2.05, 4.69) is 10.1 Å². The second-order valence-electron chi connectivity index (χ2n) is 5.15. The Hall–Kier alpha value is -2.34. The van der Waals surface area contributed by atoms with E-state index in [9.17, 15) is 8.78 Å². The maximum absolute atomic E-state index is 12.1. The van der Waals surface area contributed by atoms with E-state index in [-0.39, 0.29) is 11.9 Å².